The molecule has 4 aliphatic rings. The molecule has 3 aliphatic carbocycles. The summed E-state index contributed by atoms with van der Waals surface area (Å²) in [4.78, 5) is 49.1. The fraction of sp³-hybridized carbons (Fsp3) is 0.583. The lowest BCUT2D eigenvalue weighted by molar-refractivity contribution is -0.169. The second kappa shape index (κ2) is 9.71. The maximum atomic E-state index is 13.1. The fourth-order valence-electron chi connectivity index (χ4n) is 5.23. The zero-order valence-corrected chi connectivity index (χ0v) is 18.8. The summed E-state index contributed by atoms with van der Waals surface area (Å²) in [6, 6.07) is 0. The van der Waals surface area contributed by atoms with Crippen molar-refractivity contribution in [3.8, 4) is 0 Å². The Hall–Kier alpha value is -2.98. The van der Waals surface area contributed by atoms with Gasteiger partial charge in [-0.05, 0) is 51.0 Å². The number of carboxylic acid groups (broad SMARTS) is 1. The number of ether oxygens (including phenoxy) is 3. The lowest BCUT2D eigenvalue weighted by Crippen LogP contribution is -2.44. The maximum absolute atomic E-state index is 13.1. The molecular formula is C24H28O10. The highest BCUT2D eigenvalue weighted by atomic mass is 16.6. The average Bonchev–Trinajstić information content (AvgIpc) is 3.08. The van der Waals surface area contributed by atoms with Crippen LogP contribution in [0.25, 0.3) is 0 Å². The van der Waals surface area contributed by atoms with Crippen molar-refractivity contribution in [2.24, 2.45) is 17.8 Å². The summed E-state index contributed by atoms with van der Waals surface area (Å²) < 4.78 is 16.3. The molecule has 0 aromatic rings. The third kappa shape index (κ3) is 4.65. The Morgan fingerprint density at radius 1 is 1.18 bits per heavy atom. The van der Waals surface area contributed by atoms with Gasteiger partial charge in [0.05, 0.1) is 23.5 Å². The highest BCUT2D eigenvalue weighted by Gasteiger charge is 2.48. The van der Waals surface area contributed by atoms with Crippen molar-refractivity contribution < 1.29 is 48.7 Å². The summed E-state index contributed by atoms with van der Waals surface area (Å²) in [6.07, 6.45) is 2.82. The first-order valence-corrected chi connectivity index (χ1v) is 11.5. The molecule has 0 spiro atoms. The lowest BCUT2D eigenvalue weighted by Gasteiger charge is -2.37. The highest BCUT2D eigenvalue weighted by Crippen LogP contribution is 2.41. The van der Waals surface area contributed by atoms with Crippen LogP contribution in [-0.4, -0.2) is 64.1 Å². The second-order valence-electron chi connectivity index (χ2n) is 9.26. The Labute approximate surface area is 195 Å². The molecule has 0 aromatic carbocycles. The maximum Gasteiger partial charge on any atom is 0.343 e. The number of esters is 3. The Kier molecular flexibility index (Phi) is 6.90. The summed E-state index contributed by atoms with van der Waals surface area (Å²) in [5, 5.41) is 29.6. The number of aliphatic hydroxyl groups is 2. The SMILES string of the molecule is CC1=CCC(OC2CC(OC(=O)C3C4=C(CCC3CO)C(=O)OC4=O)CCC2C(=O)O)C(O)=C1. The standard InChI is InChI=1S/C24H28O10/c1-11-2-7-17(16(26)8-11)33-18-9-13(4-6-14(18)21(27)28)32-23(30)19-12(10-25)3-5-15-20(19)24(31)34-22(15)29/h2,8,12-14,17-19,25-26H,3-7,9-10H2,1H3,(H,27,28). The first kappa shape index (κ1) is 24.2. The van der Waals surface area contributed by atoms with Crippen molar-refractivity contribution in [3.63, 3.8) is 0 Å². The van der Waals surface area contributed by atoms with E-state index in [2.05, 4.69) is 4.74 Å². The first-order chi connectivity index (χ1) is 16.2. The molecule has 0 bridgehead atoms. The van der Waals surface area contributed by atoms with E-state index >= 15 is 0 Å². The van der Waals surface area contributed by atoms with Gasteiger partial charge in [-0.15, -0.1) is 0 Å². The number of carbonyl (C=O) groups is 4. The normalized spacial score (nSPS) is 33.6. The highest BCUT2D eigenvalue weighted by molar-refractivity contribution is 6.14. The van der Waals surface area contributed by atoms with Crippen LogP contribution in [0.3, 0.4) is 0 Å². The molecule has 3 N–H and O–H groups in total. The number of hydrogen-bond donors (Lipinski definition) is 3. The van der Waals surface area contributed by atoms with E-state index in [1.807, 2.05) is 13.0 Å². The molecular weight excluding hydrogens is 448 g/mol. The van der Waals surface area contributed by atoms with Crippen LogP contribution in [0.2, 0.25) is 0 Å². The molecule has 184 valence electrons. The van der Waals surface area contributed by atoms with Gasteiger partial charge in [0.15, 0.2) is 0 Å². The number of aliphatic hydroxyl groups excluding tert-OH is 2. The largest absolute Gasteiger partial charge is 0.510 e. The fourth-order valence-corrected chi connectivity index (χ4v) is 5.23. The number of cyclic esters (lactones) is 2. The van der Waals surface area contributed by atoms with Gasteiger partial charge in [0.25, 0.3) is 0 Å². The van der Waals surface area contributed by atoms with Crippen LogP contribution in [0.1, 0.15) is 45.4 Å². The van der Waals surface area contributed by atoms with Gasteiger partial charge in [-0.1, -0.05) is 11.6 Å². The second-order valence-corrected chi connectivity index (χ2v) is 9.26. The number of carboxylic acids is 1. The molecule has 0 saturated heterocycles. The van der Waals surface area contributed by atoms with E-state index in [1.54, 1.807) is 6.08 Å². The molecule has 6 unspecified atom stereocenters. The van der Waals surface area contributed by atoms with Crippen LogP contribution in [0, 0.1) is 17.8 Å². The molecule has 10 heteroatoms. The predicted octanol–water partition coefficient (Wildman–Crippen LogP) is 1.73. The van der Waals surface area contributed by atoms with Crippen LogP contribution in [0.4, 0.5) is 0 Å². The molecule has 10 nitrogen and oxygen atoms in total. The summed E-state index contributed by atoms with van der Waals surface area (Å²) in [5.41, 5.74) is 0.980. The molecule has 1 heterocycles. The van der Waals surface area contributed by atoms with Gasteiger partial charge in [-0.2, -0.15) is 0 Å². The summed E-state index contributed by atoms with van der Waals surface area (Å²) in [7, 11) is 0. The third-order valence-electron chi connectivity index (χ3n) is 7.05. The van der Waals surface area contributed by atoms with Crippen molar-refractivity contribution in [2.45, 2.75) is 63.8 Å². The van der Waals surface area contributed by atoms with Gasteiger partial charge < -0.3 is 29.5 Å². The molecule has 0 aromatic heterocycles. The van der Waals surface area contributed by atoms with Gasteiger partial charge >= 0.3 is 23.9 Å². The minimum atomic E-state index is -1.12. The Bertz CT molecular complexity index is 990. The van der Waals surface area contributed by atoms with E-state index in [0.717, 1.165) is 5.57 Å². The molecule has 0 radical (unpaired) electrons. The topological polar surface area (TPSA) is 157 Å². The molecule has 4 rings (SSSR count). The summed E-state index contributed by atoms with van der Waals surface area (Å²) >= 11 is 0. The van der Waals surface area contributed by atoms with Gasteiger partial charge in [0.1, 0.15) is 18.0 Å². The zero-order chi connectivity index (χ0) is 24.6. The number of carbonyl (C=O) groups excluding carboxylic acids is 3. The predicted molar refractivity (Wildman–Crippen MR) is 114 cm³/mol. The zero-order valence-electron chi connectivity index (χ0n) is 18.8. The Morgan fingerprint density at radius 2 is 1.94 bits per heavy atom. The van der Waals surface area contributed by atoms with Crippen LogP contribution >= 0.6 is 0 Å². The van der Waals surface area contributed by atoms with Gasteiger partial charge in [0, 0.05) is 18.6 Å². The van der Waals surface area contributed by atoms with Crippen molar-refractivity contribution in [2.75, 3.05) is 6.61 Å². The molecule has 6 atom stereocenters. The third-order valence-corrected chi connectivity index (χ3v) is 7.05. The van der Waals surface area contributed by atoms with E-state index < -0.39 is 59.9 Å². The van der Waals surface area contributed by atoms with Gasteiger partial charge in [0.2, 0.25) is 0 Å². The number of hydrogen-bond acceptors (Lipinski definition) is 9. The minimum Gasteiger partial charge on any atom is -0.510 e. The number of aliphatic carboxylic acids is 1. The summed E-state index contributed by atoms with van der Waals surface area (Å²) in [5.74, 6) is -5.97. The molecule has 1 aliphatic heterocycles. The quantitative estimate of drug-likeness (QED) is 0.381. The average molecular weight is 476 g/mol. The van der Waals surface area contributed by atoms with Crippen molar-refractivity contribution >= 4 is 23.9 Å². The van der Waals surface area contributed by atoms with Crippen molar-refractivity contribution in [1.82, 2.24) is 0 Å². The van der Waals surface area contributed by atoms with Crippen LogP contribution in [0.15, 0.2) is 34.6 Å². The molecule has 34 heavy (non-hydrogen) atoms. The van der Waals surface area contributed by atoms with E-state index in [0.29, 0.717) is 12.8 Å². The van der Waals surface area contributed by atoms with Crippen LogP contribution in [-0.2, 0) is 33.4 Å². The van der Waals surface area contributed by atoms with E-state index in [1.165, 1.54) is 0 Å². The Morgan fingerprint density at radius 3 is 2.62 bits per heavy atom. The number of rotatable bonds is 6. The smallest absolute Gasteiger partial charge is 0.343 e. The minimum absolute atomic E-state index is 0.0140. The molecule has 0 amide bonds. The summed E-state index contributed by atoms with van der Waals surface area (Å²) in [6.45, 7) is 1.47. The van der Waals surface area contributed by atoms with Gasteiger partial charge in [-0.3, -0.25) is 9.59 Å². The van der Waals surface area contributed by atoms with Crippen molar-refractivity contribution in [1.29, 1.82) is 0 Å². The van der Waals surface area contributed by atoms with E-state index in [4.69, 9.17) is 9.47 Å². The first-order valence-electron chi connectivity index (χ1n) is 11.5. The van der Waals surface area contributed by atoms with Gasteiger partial charge in [-0.25, -0.2) is 9.59 Å². The number of allylic oxidation sites excluding steroid dienone is 2. The van der Waals surface area contributed by atoms with E-state index in [9.17, 15) is 34.5 Å². The monoisotopic (exact) mass is 476 g/mol. The Balaban J connectivity index is 1.48. The van der Waals surface area contributed by atoms with Crippen LogP contribution < -0.4 is 0 Å². The molecule has 1 saturated carbocycles. The van der Waals surface area contributed by atoms with E-state index in [-0.39, 0.29) is 49.2 Å². The van der Waals surface area contributed by atoms with Crippen molar-refractivity contribution in [3.05, 3.63) is 34.6 Å². The van der Waals surface area contributed by atoms with Crippen LogP contribution in [0.5, 0.6) is 0 Å². The lowest BCUT2D eigenvalue weighted by atomic mass is 9.75. The molecule has 1 fully saturated rings.